The second-order valence-electron chi connectivity index (χ2n) is 7.67. The monoisotopic (exact) mass is 457 g/mol. The summed E-state index contributed by atoms with van der Waals surface area (Å²) in [7, 11) is 0. The standard InChI is InChI=1S/C25H19N3O4S/c1-13-19-23(30)26-14(2)27-24(19)33-22(13)25(31)32-12-18(29)20-16-10-6-7-11-17(16)28-21(20)15-8-4-3-5-9-15/h3-11,28H,12H2,1-2H3,(H,26,27,30). The Balaban J connectivity index is 1.46. The fourth-order valence-electron chi connectivity index (χ4n) is 3.97. The van der Waals surface area contributed by atoms with Crippen LogP contribution in [0, 0.1) is 13.8 Å². The Bertz CT molecular complexity index is 1600. The van der Waals surface area contributed by atoms with Crippen LogP contribution in [0.3, 0.4) is 0 Å². The van der Waals surface area contributed by atoms with Gasteiger partial charge in [-0.2, -0.15) is 0 Å². The van der Waals surface area contributed by atoms with Crippen LogP contribution in [0.2, 0.25) is 0 Å². The first-order valence-corrected chi connectivity index (χ1v) is 11.1. The van der Waals surface area contributed by atoms with Crippen molar-refractivity contribution in [1.82, 2.24) is 15.0 Å². The summed E-state index contributed by atoms with van der Waals surface area (Å²) in [6.07, 6.45) is 0. The highest BCUT2D eigenvalue weighted by molar-refractivity contribution is 7.20. The van der Waals surface area contributed by atoms with Gasteiger partial charge in [-0.05, 0) is 31.0 Å². The molecule has 0 unspecified atom stereocenters. The molecule has 5 rings (SSSR count). The smallest absolute Gasteiger partial charge is 0.349 e. The van der Waals surface area contributed by atoms with Crippen LogP contribution in [-0.2, 0) is 4.74 Å². The number of rotatable bonds is 5. The van der Waals surface area contributed by atoms with Crippen molar-refractivity contribution >= 4 is 44.2 Å². The Kier molecular flexibility index (Phi) is 5.14. The van der Waals surface area contributed by atoms with Gasteiger partial charge in [0.05, 0.1) is 16.6 Å². The third-order valence-electron chi connectivity index (χ3n) is 5.49. The third kappa shape index (κ3) is 3.64. The van der Waals surface area contributed by atoms with E-state index < -0.39 is 12.6 Å². The minimum atomic E-state index is -0.651. The zero-order valence-corrected chi connectivity index (χ0v) is 18.7. The molecule has 0 aliphatic carbocycles. The predicted molar refractivity (Wildman–Crippen MR) is 128 cm³/mol. The lowest BCUT2D eigenvalue weighted by atomic mass is 10.0. The molecule has 0 bridgehead atoms. The molecule has 2 aromatic carbocycles. The Morgan fingerprint density at radius 1 is 1.00 bits per heavy atom. The maximum Gasteiger partial charge on any atom is 0.349 e. The van der Waals surface area contributed by atoms with Crippen LogP contribution < -0.4 is 5.56 Å². The van der Waals surface area contributed by atoms with E-state index in [1.807, 2.05) is 54.6 Å². The number of nitrogens with one attached hydrogen (secondary N) is 2. The fourth-order valence-corrected chi connectivity index (χ4v) is 5.09. The molecule has 33 heavy (non-hydrogen) atoms. The van der Waals surface area contributed by atoms with E-state index in [4.69, 9.17) is 4.74 Å². The number of ketones is 1. The Morgan fingerprint density at radius 3 is 2.52 bits per heavy atom. The number of esters is 1. The first kappa shape index (κ1) is 20.8. The third-order valence-corrected chi connectivity index (χ3v) is 6.65. The molecule has 2 N–H and O–H groups in total. The van der Waals surface area contributed by atoms with Crippen molar-refractivity contribution in [2.24, 2.45) is 0 Å². The summed E-state index contributed by atoms with van der Waals surface area (Å²) in [6, 6.07) is 17.1. The van der Waals surface area contributed by atoms with Crippen molar-refractivity contribution in [2.45, 2.75) is 13.8 Å². The first-order valence-electron chi connectivity index (χ1n) is 10.3. The summed E-state index contributed by atoms with van der Waals surface area (Å²) in [6.45, 7) is 2.94. The second kappa shape index (κ2) is 8.14. The van der Waals surface area contributed by atoms with Gasteiger partial charge in [0.1, 0.15) is 15.5 Å². The first-order chi connectivity index (χ1) is 15.9. The molecular formula is C25H19N3O4S. The lowest BCUT2D eigenvalue weighted by Gasteiger charge is -2.06. The Hall–Kier alpha value is -4.04. The Morgan fingerprint density at radius 2 is 1.73 bits per heavy atom. The average molecular weight is 458 g/mol. The van der Waals surface area contributed by atoms with Crippen molar-refractivity contribution in [2.75, 3.05) is 6.61 Å². The highest BCUT2D eigenvalue weighted by Crippen LogP contribution is 2.31. The summed E-state index contributed by atoms with van der Waals surface area (Å²) in [5.74, 6) is -0.496. The van der Waals surface area contributed by atoms with Crippen LogP contribution in [0.1, 0.15) is 31.4 Å². The highest BCUT2D eigenvalue weighted by Gasteiger charge is 2.24. The van der Waals surface area contributed by atoms with Crippen LogP contribution in [0.25, 0.3) is 32.4 Å². The summed E-state index contributed by atoms with van der Waals surface area (Å²) in [5, 5.41) is 1.13. The molecule has 7 nitrogen and oxygen atoms in total. The molecule has 0 aliphatic heterocycles. The van der Waals surface area contributed by atoms with Gasteiger partial charge in [0.25, 0.3) is 5.56 Å². The fraction of sp³-hybridized carbons (Fsp3) is 0.120. The number of carbonyl (C=O) groups excluding carboxylic acids is 2. The van der Waals surface area contributed by atoms with Crippen molar-refractivity contribution in [3.8, 4) is 11.3 Å². The van der Waals surface area contributed by atoms with Crippen LogP contribution in [0.15, 0.2) is 59.4 Å². The molecule has 0 saturated carbocycles. The number of hydrogen-bond donors (Lipinski definition) is 2. The van der Waals surface area contributed by atoms with Crippen LogP contribution in [0.4, 0.5) is 0 Å². The van der Waals surface area contributed by atoms with Crippen molar-refractivity contribution in [3.63, 3.8) is 0 Å². The van der Waals surface area contributed by atoms with E-state index in [1.54, 1.807) is 13.8 Å². The number of benzene rings is 2. The zero-order valence-electron chi connectivity index (χ0n) is 17.9. The lowest BCUT2D eigenvalue weighted by molar-refractivity contribution is 0.0479. The minimum Gasteiger partial charge on any atom is -0.453 e. The second-order valence-corrected chi connectivity index (χ2v) is 8.67. The summed E-state index contributed by atoms with van der Waals surface area (Å²) < 4.78 is 5.40. The van der Waals surface area contributed by atoms with Crippen LogP contribution in [-0.4, -0.2) is 33.3 Å². The molecule has 8 heteroatoms. The number of aromatic amines is 2. The number of thiophene rings is 1. The van der Waals surface area contributed by atoms with E-state index in [0.29, 0.717) is 32.9 Å². The molecule has 0 amide bonds. The molecule has 0 spiro atoms. The molecule has 0 saturated heterocycles. The van der Waals surface area contributed by atoms with Crippen molar-refractivity contribution < 1.29 is 14.3 Å². The SMILES string of the molecule is Cc1nc2sc(C(=O)OCC(=O)c3c(-c4ccccc4)[nH]c4ccccc34)c(C)c2c(=O)[nH]1. The molecule has 0 fully saturated rings. The number of para-hydroxylation sites is 1. The summed E-state index contributed by atoms with van der Waals surface area (Å²) in [5.41, 5.74) is 3.05. The van der Waals surface area contributed by atoms with Gasteiger partial charge in [-0.25, -0.2) is 9.78 Å². The maximum absolute atomic E-state index is 13.2. The van der Waals surface area contributed by atoms with E-state index >= 15 is 0 Å². The number of hydrogen-bond acceptors (Lipinski definition) is 6. The molecule has 3 aromatic heterocycles. The predicted octanol–water partition coefficient (Wildman–Crippen LogP) is 4.79. The van der Waals surface area contributed by atoms with Gasteiger partial charge >= 0.3 is 5.97 Å². The zero-order chi connectivity index (χ0) is 23.1. The lowest BCUT2D eigenvalue weighted by Crippen LogP contribution is -2.15. The number of aryl methyl sites for hydroxylation is 2. The van der Waals surface area contributed by atoms with E-state index in [9.17, 15) is 14.4 Å². The molecule has 0 radical (unpaired) electrons. The normalized spacial score (nSPS) is 11.2. The highest BCUT2D eigenvalue weighted by atomic mass is 32.1. The van der Waals surface area contributed by atoms with Gasteiger partial charge in [0.15, 0.2) is 6.61 Å². The van der Waals surface area contributed by atoms with Crippen LogP contribution in [0.5, 0.6) is 0 Å². The largest absolute Gasteiger partial charge is 0.453 e. The number of ether oxygens (including phenoxy) is 1. The number of nitrogens with zero attached hydrogens (tertiary/aromatic N) is 1. The van der Waals surface area contributed by atoms with E-state index in [-0.39, 0.29) is 16.2 Å². The van der Waals surface area contributed by atoms with Gasteiger partial charge in [-0.15, -0.1) is 11.3 Å². The number of Topliss-reactive ketones (excluding diaryl/α,β-unsaturated/α-hetero) is 1. The van der Waals surface area contributed by atoms with Gasteiger partial charge < -0.3 is 14.7 Å². The Labute approximate surface area is 192 Å². The molecule has 0 atom stereocenters. The number of aromatic nitrogens is 3. The van der Waals surface area contributed by atoms with Gasteiger partial charge in [-0.3, -0.25) is 9.59 Å². The van der Waals surface area contributed by atoms with Gasteiger partial charge in [0, 0.05) is 10.9 Å². The number of H-pyrrole nitrogens is 2. The maximum atomic E-state index is 13.2. The molecular weight excluding hydrogens is 438 g/mol. The number of carbonyl (C=O) groups is 2. The average Bonchev–Trinajstić information content (AvgIpc) is 3.36. The van der Waals surface area contributed by atoms with Crippen LogP contribution >= 0.6 is 11.3 Å². The topological polar surface area (TPSA) is 105 Å². The number of fused-ring (bicyclic) bond motifs is 2. The van der Waals surface area contributed by atoms with Gasteiger partial charge in [0.2, 0.25) is 5.78 Å². The van der Waals surface area contributed by atoms with Crippen molar-refractivity contribution in [1.29, 1.82) is 0 Å². The quantitative estimate of drug-likeness (QED) is 0.292. The van der Waals surface area contributed by atoms with Crippen molar-refractivity contribution in [3.05, 3.63) is 86.8 Å². The minimum absolute atomic E-state index is 0.267. The molecule has 3 heterocycles. The van der Waals surface area contributed by atoms with Gasteiger partial charge in [-0.1, -0.05) is 48.5 Å². The molecule has 164 valence electrons. The van der Waals surface area contributed by atoms with E-state index in [1.165, 1.54) is 0 Å². The summed E-state index contributed by atoms with van der Waals surface area (Å²) >= 11 is 1.09. The van der Waals surface area contributed by atoms with E-state index in [2.05, 4.69) is 15.0 Å². The molecule has 0 aliphatic rings. The molecule has 5 aromatic rings. The van der Waals surface area contributed by atoms with E-state index in [0.717, 1.165) is 27.8 Å². The summed E-state index contributed by atoms with van der Waals surface area (Å²) in [4.78, 5) is 49.3.